The summed E-state index contributed by atoms with van der Waals surface area (Å²) in [6.07, 6.45) is 7.39. The fourth-order valence-corrected chi connectivity index (χ4v) is 3.10. The molecule has 0 aliphatic carbocycles. The average molecular weight is 254 g/mol. The number of hydrogen-bond donors (Lipinski definition) is 1. The van der Waals surface area contributed by atoms with E-state index in [0.717, 1.165) is 13.0 Å². The number of thiazole rings is 1. The van der Waals surface area contributed by atoms with E-state index in [1.807, 2.05) is 5.51 Å². The summed E-state index contributed by atoms with van der Waals surface area (Å²) in [4.78, 5) is 5.76. The topological polar surface area (TPSA) is 38.9 Å². The van der Waals surface area contributed by atoms with Crippen LogP contribution in [-0.4, -0.2) is 11.5 Å². The summed E-state index contributed by atoms with van der Waals surface area (Å²) in [5.74, 6) is 0. The van der Waals surface area contributed by atoms with E-state index in [9.17, 15) is 0 Å². The van der Waals surface area contributed by atoms with Gasteiger partial charge >= 0.3 is 0 Å². The Labute approximate surface area is 110 Å². The molecule has 2 nitrogen and oxygen atoms in total. The molecule has 0 radical (unpaired) electrons. The zero-order valence-electron chi connectivity index (χ0n) is 11.5. The molecule has 1 aromatic heterocycles. The normalized spacial score (nSPS) is 14.8. The van der Waals surface area contributed by atoms with E-state index in [2.05, 4.69) is 25.8 Å². The van der Waals surface area contributed by atoms with Crippen molar-refractivity contribution in [1.82, 2.24) is 4.98 Å². The lowest BCUT2D eigenvalue weighted by Gasteiger charge is -2.31. The van der Waals surface area contributed by atoms with Crippen LogP contribution in [0.3, 0.4) is 0 Å². The fraction of sp³-hybridized carbons (Fsp3) is 0.786. The second-order valence-electron chi connectivity index (χ2n) is 5.02. The van der Waals surface area contributed by atoms with E-state index in [1.54, 1.807) is 11.3 Å². The van der Waals surface area contributed by atoms with Crippen molar-refractivity contribution in [2.24, 2.45) is 11.1 Å². The van der Waals surface area contributed by atoms with Gasteiger partial charge in [0.15, 0.2) is 0 Å². The van der Waals surface area contributed by atoms with E-state index in [1.165, 1.54) is 42.7 Å². The maximum absolute atomic E-state index is 6.02. The van der Waals surface area contributed by atoms with Gasteiger partial charge in [0, 0.05) is 4.88 Å². The van der Waals surface area contributed by atoms with Crippen LogP contribution in [-0.2, 0) is 6.42 Å². The predicted octanol–water partition coefficient (Wildman–Crippen LogP) is 3.93. The van der Waals surface area contributed by atoms with Gasteiger partial charge in [0.05, 0.1) is 11.2 Å². The van der Waals surface area contributed by atoms with Gasteiger partial charge in [-0.25, -0.2) is 4.98 Å². The first-order valence-corrected chi connectivity index (χ1v) is 7.64. The van der Waals surface area contributed by atoms with Crippen molar-refractivity contribution >= 4 is 11.3 Å². The van der Waals surface area contributed by atoms with Crippen molar-refractivity contribution in [3.63, 3.8) is 0 Å². The highest BCUT2D eigenvalue weighted by Crippen LogP contribution is 2.33. The Morgan fingerprint density at radius 1 is 1.35 bits per heavy atom. The zero-order chi connectivity index (χ0) is 12.7. The molecule has 0 fully saturated rings. The lowest BCUT2D eigenvalue weighted by atomic mass is 9.76. The molecular weight excluding hydrogens is 228 g/mol. The minimum Gasteiger partial charge on any atom is -0.330 e. The van der Waals surface area contributed by atoms with E-state index in [-0.39, 0.29) is 0 Å². The summed E-state index contributed by atoms with van der Waals surface area (Å²) in [6.45, 7) is 7.46. The summed E-state index contributed by atoms with van der Waals surface area (Å²) < 4.78 is 0. The number of hydrogen-bond acceptors (Lipinski definition) is 3. The van der Waals surface area contributed by atoms with Crippen LogP contribution in [0.2, 0.25) is 0 Å². The minimum atomic E-state index is 0.354. The molecule has 0 aromatic carbocycles. The van der Waals surface area contributed by atoms with Gasteiger partial charge in [0.25, 0.3) is 0 Å². The first-order valence-electron chi connectivity index (χ1n) is 6.76. The van der Waals surface area contributed by atoms with Crippen LogP contribution in [0.4, 0.5) is 0 Å². The molecule has 0 amide bonds. The molecule has 1 heterocycles. The summed E-state index contributed by atoms with van der Waals surface area (Å²) in [5.41, 5.74) is 9.53. The quantitative estimate of drug-likeness (QED) is 0.763. The average Bonchev–Trinajstić information content (AvgIpc) is 2.76. The molecule has 1 rings (SSSR count). The predicted molar refractivity (Wildman–Crippen MR) is 76.5 cm³/mol. The minimum absolute atomic E-state index is 0.354. The molecule has 0 spiro atoms. The summed E-state index contributed by atoms with van der Waals surface area (Å²) in [7, 11) is 0. The number of nitrogens with zero attached hydrogens (tertiary/aromatic N) is 1. The van der Waals surface area contributed by atoms with Crippen molar-refractivity contribution in [1.29, 1.82) is 0 Å². The molecular formula is C14H26N2S. The maximum Gasteiger partial charge on any atom is 0.0797 e. The third-order valence-corrected chi connectivity index (χ3v) is 4.97. The second-order valence-corrected chi connectivity index (χ2v) is 5.96. The lowest BCUT2D eigenvalue weighted by Crippen LogP contribution is -2.30. The second kappa shape index (κ2) is 7.12. The van der Waals surface area contributed by atoms with Gasteiger partial charge in [0.1, 0.15) is 0 Å². The van der Waals surface area contributed by atoms with Gasteiger partial charge in [-0.15, -0.1) is 11.3 Å². The van der Waals surface area contributed by atoms with Gasteiger partial charge in [0.2, 0.25) is 0 Å². The van der Waals surface area contributed by atoms with Crippen molar-refractivity contribution in [3.8, 4) is 0 Å². The Morgan fingerprint density at radius 3 is 2.59 bits per heavy atom. The van der Waals surface area contributed by atoms with Gasteiger partial charge in [-0.05, 0) is 44.6 Å². The van der Waals surface area contributed by atoms with Crippen LogP contribution >= 0.6 is 11.3 Å². The number of rotatable bonds is 8. The highest BCUT2D eigenvalue weighted by atomic mass is 32.1. The molecule has 3 heteroatoms. The number of aromatic nitrogens is 1. The van der Waals surface area contributed by atoms with E-state index >= 15 is 0 Å². The SMILES string of the molecule is CCCCC(CC)(CN)CCc1scnc1C. The lowest BCUT2D eigenvalue weighted by molar-refractivity contribution is 0.233. The largest absolute Gasteiger partial charge is 0.330 e. The van der Waals surface area contributed by atoms with Crippen LogP contribution in [0, 0.1) is 12.3 Å². The molecule has 17 heavy (non-hydrogen) atoms. The third kappa shape index (κ3) is 4.07. The zero-order valence-corrected chi connectivity index (χ0v) is 12.3. The van der Waals surface area contributed by atoms with Gasteiger partial charge < -0.3 is 5.73 Å². The Bertz CT molecular complexity index is 316. The Hall–Kier alpha value is -0.410. The molecule has 2 N–H and O–H groups in total. The van der Waals surface area contributed by atoms with E-state index in [4.69, 9.17) is 5.73 Å². The van der Waals surface area contributed by atoms with Crippen molar-refractivity contribution in [2.75, 3.05) is 6.54 Å². The van der Waals surface area contributed by atoms with Crippen LogP contribution < -0.4 is 5.73 Å². The number of nitrogens with two attached hydrogens (primary N) is 1. The van der Waals surface area contributed by atoms with Crippen LogP contribution in [0.15, 0.2) is 5.51 Å². The summed E-state index contributed by atoms with van der Waals surface area (Å²) >= 11 is 1.78. The van der Waals surface area contributed by atoms with Crippen molar-refractivity contribution in [2.45, 2.75) is 59.3 Å². The molecule has 98 valence electrons. The highest BCUT2D eigenvalue weighted by Gasteiger charge is 2.25. The van der Waals surface area contributed by atoms with E-state index < -0.39 is 0 Å². The molecule has 1 unspecified atom stereocenters. The molecule has 0 aliphatic rings. The first kappa shape index (κ1) is 14.7. The highest BCUT2D eigenvalue weighted by molar-refractivity contribution is 7.09. The molecule has 0 saturated heterocycles. The molecule has 1 atom stereocenters. The maximum atomic E-state index is 6.02. The Morgan fingerprint density at radius 2 is 2.12 bits per heavy atom. The molecule has 1 aromatic rings. The molecule has 0 bridgehead atoms. The van der Waals surface area contributed by atoms with Gasteiger partial charge in [-0.1, -0.05) is 26.7 Å². The van der Waals surface area contributed by atoms with Crippen LogP contribution in [0.25, 0.3) is 0 Å². The fourth-order valence-electron chi connectivity index (χ4n) is 2.32. The van der Waals surface area contributed by atoms with E-state index in [0.29, 0.717) is 5.41 Å². The summed E-state index contributed by atoms with van der Waals surface area (Å²) in [6, 6.07) is 0. The van der Waals surface area contributed by atoms with Crippen molar-refractivity contribution in [3.05, 3.63) is 16.1 Å². The monoisotopic (exact) mass is 254 g/mol. The standard InChI is InChI=1S/C14H26N2S/c1-4-6-8-14(5-2,10-15)9-7-13-12(3)16-11-17-13/h11H,4-10,15H2,1-3H3. The summed E-state index contributed by atoms with van der Waals surface area (Å²) in [5, 5.41) is 0. The van der Waals surface area contributed by atoms with Crippen LogP contribution in [0.5, 0.6) is 0 Å². The molecule has 0 aliphatic heterocycles. The van der Waals surface area contributed by atoms with Crippen molar-refractivity contribution < 1.29 is 0 Å². The van der Waals surface area contributed by atoms with Crippen LogP contribution in [0.1, 0.15) is 56.5 Å². The third-order valence-electron chi connectivity index (χ3n) is 3.97. The Balaban J connectivity index is 2.57. The van der Waals surface area contributed by atoms with Gasteiger partial charge in [-0.3, -0.25) is 0 Å². The first-order chi connectivity index (χ1) is 8.17. The molecule has 0 saturated carbocycles. The Kier molecular flexibility index (Phi) is 6.14. The number of aryl methyl sites for hydroxylation is 2. The smallest absolute Gasteiger partial charge is 0.0797 e. The number of unbranched alkanes of at least 4 members (excludes halogenated alkanes) is 1. The van der Waals surface area contributed by atoms with Gasteiger partial charge in [-0.2, -0.15) is 0 Å².